The molecule has 7 nitrogen and oxygen atoms in total. The molecule has 0 saturated carbocycles. The molecule has 3 aromatic rings. The fourth-order valence-corrected chi connectivity index (χ4v) is 3.27. The highest BCUT2D eigenvalue weighted by Crippen LogP contribution is 2.20. The molecular weight excluding hydrogens is 450 g/mol. The molecule has 176 valence electrons. The summed E-state index contributed by atoms with van der Waals surface area (Å²) in [6.07, 6.45) is 0.871. The normalized spacial score (nSPS) is 10.2. The van der Waals surface area contributed by atoms with Crippen LogP contribution < -0.4 is 25.4 Å². The SMILES string of the molecule is CCCOc1cccc(C(=O)NC(=S)Nc2ccccc2C(=O)Nc2ccc(OCC)cc2)c1. The van der Waals surface area contributed by atoms with Crippen molar-refractivity contribution in [3.05, 3.63) is 83.9 Å². The average molecular weight is 478 g/mol. The summed E-state index contributed by atoms with van der Waals surface area (Å²) in [6.45, 7) is 5.06. The predicted molar refractivity (Wildman–Crippen MR) is 138 cm³/mol. The van der Waals surface area contributed by atoms with Crippen molar-refractivity contribution in [1.29, 1.82) is 0 Å². The van der Waals surface area contributed by atoms with Crippen LogP contribution in [0.2, 0.25) is 0 Å². The van der Waals surface area contributed by atoms with Gasteiger partial charge in [0.15, 0.2) is 5.11 Å². The molecule has 0 spiro atoms. The third-order valence-corrected chi connectivity index (χ3v) is 4.84. The highest BCUT2D eigenvalue weighted by atomic mass is 32.1. The van der Waals surface area contributed by atoms with E-state index in [1.165, 1.54) is 0 Å². The minimum atomic E-state index is -0.379. The van der Waals surface area contributed by atoms with Crippen LogP contribution in [0.25, 0.3) is 0 Å². The lowest BCUT2D eigenvalue weighted by Gasteiger charge is -2.14. The summed E-state index contributed by atoms with van der Waals surface area (Å²) < 4.78 is 11.0. The molecular formula is C26H27N3O4S. The zero-order chi connectivity index (χ0) is 24.3. The molecule has 0 fully saturated rings. The van der Waals surface area contributed by atoms with Crippen LogP contribution in [0.4, 0.5) is 11.4 Å². The summed E-state index contributed by atoms with van der Waals surface area (Å²) in [7, 11) is 0. The van der Waals surface area contributed by atoms with Gasteiger partial charge in [-0.05, 0) is 80.2 Å². The van der Waals surface area contributed by atoms with E-state index < -0.39 is 0 Å². The number of ether oxygens (including phenoxy) is 2. The van der Waals surface area contributed by atoms with E-state index in [-0.39, 0.29) is 16.9 Å². The molecule has 0 unspecified atom stereocenters. The zero-order valence-electron chi connectivity index (χ0n) is 19.1. The van der Waals surface area contributed by atoms with Crippen molar-refractivity contribution in [3.8, 4) is 11.5 Å². The Kier molecular flexibility index (Phi) is 8.99. The summed E-state index contributed by atoms with van der Waals surface area (Å²) in [5.74, 6) is 0.647. The van der Waals surface area contributed by atoms with Gasteiger partial charge in [-0.25, -0.2) is 0 Å². The maximum absolute atomic E-state index is 12.9. The van der Waals surface area contributed by atoms with Crippen molar-refractivity contribution in [1.82, 2.24) is 5.32 Å². The van der Waals surface area contributed by atoms with Crippen LogP contribution in [-0.4, -0.2) is 30.1 Å². The Hall–Kier alpha value is -3.91. The Morgan fingerprint density at radius 3 is 2.32 bits per heavy atom. The predicted octanol–water partition coefficient (Wildman–Crippen LogP) is 5.25. The van der Waals surface area contributed by atoms with Gasteiger partial charge in [0, 0.05) is 11.3 Å². The average Bonchev–Trinajstić information content (AvgIpc) is 2.84. The van der Waals surface area contributed by atoms with Crippen molar-refractivity contribution in [2.24, 2.45) is 0 Å². The Balaban J connectivity index is 1.64. The second kappa shape index (κ2) is 12.4. The van der Waals surface area contributed by atoms with E-state index in [0.29, 0.717) is 41.5 Å². The first-order valence-corrected chi connectivity index (χ1v) is 11.4. The number of carbonyl (C=O) groups is 2. The second-order valence-corrected chi connectivity index (χ2v) is 7.65. The third kappa shape index (κ3) is 7.05. The number of benzene rings is 3. The van der Waals surface area contributed by atoms with Crippen LogP contribution in [0.1, 0.15) is 41.0 Å². The van der Waals surface area contributed by atoms with Gasteiger partial charge in [-0.3, -0.25) is 14.9 Å². The Morgan fingerprint density at radius 2 is 1.59 bits per heavy atom. The third-order valence-electron chi connectivity index (χ3n) is 4.64. The van der Waals surface area contributed by atoms with Crippen molar-refractivity contribution >= 4 is 40.5 Å². The lowest BCUT2D eigenvalue weighted by Crippen LogP contribution is -2.34. The molecule has 2 amide bonds. The molecule has 0 aliphatic rings. The van der Waals surface area contributed by atoms with E-state index in [1.807, 2.05) is 13.8 Å². The molecule has 8 heteroatoms. The number of hydrogen-bond acceptors (Lipinski definition) is 5. The van der Waals surface area contributed by atoms with Crippen molar-refractivity contribution in [2.45, 2.75) is 20.3 Å². The monoisotopic (exact) mass is 477 g/mol. The van der Waals surface area contributed by atoms with Gasteiger partial charge in [-0.1, -0.05) is 25.1 Å². The van der Waals surface area contributed by atoms with Crippen molar-refractivity contribution in [3.63, 3.8) is 0 Å². The highest BCUT2D eigenvalue weighted by Gasteiger charge is 2.14. The Labute approximate surface area is 204 Å². The topological polar surface area (TPSA) is 88.7 Å². The number of nitrogens with one attached hydrogen (secondary N) is 3. The van der Waals surface area contributed by atoms with Crippen LogP contribution in [-0.2, 0) is 0 Å². The molecule has 34 heavy (non-hydrogen) atoms. The summed E-state index contributed by atoms with van der Waals surface area (Å²) in [4.78, 5) is 25.5. The molecule has 3 N–H and O–H groups in total. The molecule has 0 aliphatic heterocycles. The summed E-state index contributed by atoms with van der Waals surface area (Å²) in [6, 6.07) is 20.9. The summed E-state index contributed by atoms with van der Waals surface area (Å²) >= 11 is 5.31. The fraction of sp³-hybridized carbons (Fsp3) is 0.192. The molecule has 0 radical (unpaired) electrons. The molecule has 0 bridgehead atoms. The number of hydrogen-bond donors (Lipinski definition) is 3. The number of thiocarbonyl (C=S) groups is 1. The lowest BCUT2D eigenvalue weighted by atomic mass is 10.1. The summed E-state index contributed by atoms with van der Waals surface area (Å²) in [5, 5.41) is 8.51. The number of carbonyl (C=O) groups excluding carboxylic acids is 2. The van der Waals surface area contributed by atoms with E-state index in [0.717, 1.165) is 12.2 Å². The van der Waals surface area contributed by atoms with Gasteiger partial charge in [0.2, 0.25) is 0 Å². The number of amides is 2. The van der Waals surface area contributed by atoms with Crippen LogP contribution >= 0.6 is 12.2 Å². The summed E-state index contributed by atoms with van der Waals surface area (Å²) in [5.41, 5.74) is 1.89. The largest absolute Gasteiger partial charge is 0.494 e. The van der Waals surface area contributed by atoms with Gasteiger partial charge in [0.05, 0.1) is 24.5 Å². The maximum Gasteiger partial charge on any atom is 0.257 e. The van der Waals surface area contributed by atoms with Gasteiger partial charge in [0.25, 0.3) is 11.8 Å². The first kappa shape index (κ1) is 24.7. The number of anilines is 2. The van der Waals surface area contributed by atoms with E-state index in [1.54, 1.807) is 72.8 Å². The van der Waals surface area contributed by atoms with Gasteiger partial charge in [0.1, 0.15) is 11.5 Å². The fourth-order valence-electron chi connectivity index (χ4n) is 3.07. The maximum atomic E-state index is 12.9. The number of para-hydroxylation sites is 1. The minimum absolute atomic E-state index is 0.0752. The molecule has 3 aromatic carbocycles. The van der Waals surface area contributed by atoms with E-state index in [9.17, 15) is 9.59 Å². The molecule has 3 rings (SSSR count). The standard InChI is InChI=1S/C26H27N3O4S/c1-3-16-33-21-9-7-8-18(17-21)24(30)29-26(34)28-23-11-6-5-10-22(23)25(31)27-19-12-14-20(15-13-19)32-4-2/h5-15,17H,3-4,16H2,1-2H3,(H,27,31)(H2,28,29,30,34). The Morgan fingerprint density at radius 1 is 0.824 bits per heavy atom. The van der Waals surface area contributed by atoms with E-state index in [2.05, 4.69) is 16.0 Å². The smallest absolute Gasteiger partial charge is 0.257 e. The molecule has 0 saturated heterocycles. The zero-order valence-corrected chi connectivity index (χ0v) is 19.9. The number of rotatable bonds is 9. The van der Waals surface area contributed by atoms with Gasteiger partial charge < -0.3 is 20.1 Å². The van der Waals surface area contributed by atoms with Crippen molar-refractivity contribution in [2.75, 3.05) is 23.8 Å². The van der Waals surface area contributed by atoms with Crippen LogP contribution in [0.15, 0.2) is 72.8 Å². The van der Waals surface area contributed by atoms with Crippen LogP contribution in [0.3, 0.4) is 0 Å². The van der Waals surface area contributed by atoms with Gasteiger partial charge in [-0.15, -0.1) is 0 Å². The molecule has 0 atom stereocenters. The lowest BCUT2D eigenvalue weighted by molar-refractivity contribution is 0.0976. The molecule has 0 heterocycles. The first-order valence-electron chi connectivity index (χ1n) is 11.0. The minimum Gasteiger partial charge on any atom is -0.494 e. The molecule has 0 aliphatic carbocycles. The highest BCUT2D eigenvalue weighted by molar-refractivity contribution is 7.80. The van der Waals surface area contributed by atoms with E-state index >= 15 is 0 Å². The van der Waals surface area contributed by atoms with Crippen molar-refractivity contribution < 1.29 is 19.1 Å². The van der Waals surface area contributed by atoms with Crippen LogP contribution in [0.5, 0.6) is 11.5 Å². The van der Waals surface area contributed by atoms with Gasteiger partial charge in [-0.2, -0.15) is 0 Å². The second-order valence-electron chi connectivity index (χ2n) is 7.24. The first-order chi connectivity index (χ1) is 16.5. The molecule has 0 aromatic heterocycles. The van der Waals surface area contributed by atoms with Gasteiger partial charge >= 0.3 is 0 Å². The Bertz CT molecular complexity index is 1150. The van der Waals surface area contributed by atoms with Crippen LogP contribution in [0, 0.1) is 0 Å². The van der Waals surface area contributed by atoms with E-state index in [4.69, 9.17) is 21.7 Å². The quantitative estimate of drug-likeness (QED) is 0.365.